The fraction of sp³-hybridized carbons (Fsp3) is 0.310. The number of imidazole rings is 1. The Morgan fingerprint density at radius 3 is 2.44 bits per heavy atom. The Balaban J connectivity index is 0.000000739. The maximum atomic E-state index is 5.35. The Morgan fingerprint density at radius 1 is 1.18 bits per heavy atom. The summed E-state index contributed by atoms with van der Waals surface area (Å²) in [6.07, 6.45) is 8.97. The summed E-state index contributed by atoms with van der Waals surface area (Å²) in [7, 11) is 1.69. The van der Waals surface area contributed by atoms with Crippen LogP contribution in [0.3, 0.4) is 0 Å². The van der Waals surface area contributed by atoms with Gasteiger partial charge in [-0.05, 0) is 54.8 Å². The largest absolute Gasteiger partial charge is 0.497 e. The molecule has 0 amide bonds. The van der Waals surface area contributed by atoms with Crippen molar-refractivity contribution in [3.63, 3.8) is 0 Å². The molecule has 180 valence electrons. The SMILES string of the molecule is C=C/C=C(\C=C/C)c1[nH]c(C(C)(C)CC)nc1-c1ccc2cc(OC)ccc2c1.CCNC=S. The number of H-pyrrole nitrogens is 1. The minimum atomic E-state index is -0.0353. The molecule has 3 rings (SSSR count). The molecule has 2 N–H and O–H groups in total. The number of rotatable bonds is 9. The Hall–Kier alpha value is -3.18. The van der Waals surface area contributed by atoms with E-state index in [1.807, 2.05) is 38.1 Å². The minimum Gasteiger partial charge on any atom is -0.497 e. The van der Waals surface area contributed by atoms with Crippen LogP contribution >= 0.6 is 12.2 Å². The van der Waals surface area contributed by atoms with E-state index in [1.165, 1.54) is 5.49 Å². The van der Waals surface area contributed by atoms with E-state index in [-0.39, 0.29) is 5.41 Å². The van der Waals surface area contributed by atoms with Gasteiger partial charge in [0.2, 0.25) is 0 Å². The molecule has 0 aliphatic heterocycles. The first-order valence-corrected chi connectivity index (χ1v) is 12.1. The zero-order chi connectivity index (χ0) is 25.1. The summed E-state index contributed by atoms with van der Waals surface area (Å²) in [4.78, 5) is 8.67. The van der Waals surface area contributed by atoms with Gasteiger partial charge in [0.15, 0.2) is 0 Å². The van der Waals surface area contributed by atoms with Gasteiger partial charge in [0.25, 0.3) is 0 Å². The maximum Gasteiger partial charge on any atom is 0.119 e. The van der Waals surface area contributed by atoms with Gasteiger partial charge in [-0.1, -0.05) is 82.1 Å². The van der Waals surface area contributed by atoms with E-state index in [2.05, 4.69) is 86.3 Å². The summed E-state index contributed by atoms with van der Waals surface area (Å²) >= 11 is 4.42. The van der Waals surface area contributed by atoms with Crippen molar-refractivity contribution in [2.75, 3.05) is 13.7 Å². The van der Waals surface area contributed by atoms with Gasteiger partial charge < -0.3 is 15.0 Å². The van der Waals surface area contributed by atoms with Crippen molar-refractivity contribution in [1.82, 2.24) is 15.3 Å². The van der Waals surface area contributed by atoms with Crippen LogP contribution in [0.2, 0.25) is 0 Å². The molecule has 0 aliphatic rings. The van der Waals surface area contributed by atoms with Crippen molar-refractivity contribution in [2.45, 2.75) is 46.5 Å². The normalized spacial score (nSPS) is 11.8. The van der Waals surface area contributed by atoms with Crippen molar-refractivity contribution in [1.29, 1.82) is 0 Å². The summed E-state index contributed by atoms with van der Waals surface area (Å²) in [5, 5.41) is 5.11. The predicted molar refractivity (Wildman–Crippen MR) is 152 cm³/mol. The highest BCUT2D eigenvalue weighted by Gasteiger charge is 2.25. The van der Waals surface area contributed by atoms with E-state index in [0.29, 0.717) is 0 Å². The molecule has 0 unspecified atom stereocenters. The number of nitrogens with one attached hydrogen (secondary N) is 2. The molecule has 0 spiro atoms. The van der Waals surface area contributed by atoms with Gasteiger partial charge in [-0.2, -0.15) is 0 Å². The lowest BCUT2D eigenvalue weighted by atomic mass is 9.89. The van der Waals surface area contributed by atoms with Gasteiger partial charge in [0, 0.05) is 17.5 Å². The van der Waals surface area contributed by atoms with Crippen LogP contribution in [0.15, 0.2) is 67.3 Å². The molecule has 0 fully saturated rings. The zero-order valence-electron chi connectivity index (χ0n) is 21.2. The summed E-state index contributed by atoms with van der Waals surface area (Å²) in [6.45, 7) is 15.5. The van der Waals surface area contributed by atoms with Crippen LogP contribution in [0.1, 0.15) is 52.6 Å². The smallest absolute Gasteiger partial charge is 0.119 e. The van der Waals surface area contributed by atoms with Crippen LogP contribution in [-0.4, -0.2) is 29.1 Å². The average Bonchev–Trinajstić information content (AvgIpc) is 3.30. The van der Waals surface area contributed by atoms with Crippen molar-refractivity contribution < 1.29 is 4.74 Å². The number of ether oxygens (including phenoxy) is 1. The number of hydrogen-bond donors (Lipinski definition) is 2. The van der Waals surface area contributed by atoms with Crippen molar-refractivity contribution >= 4 is 34.1 Å². The molecule has 5 heteroatoms. The van der Waals surface area contributed by atoms with Crippen LogP contribution < -0.4 is 10.1 Å². The third kappa shape index (κ3) is 6.67. The number of fused-ring (bicyclic) bond motifs is 1. The number of nitrogens with zero attached hydrogens (tertiary/aromatic N) is 1. The number of allylic oxidation sites excluding steroid dienone is 5. The fourth-order valence-electron chi connectivity index (χ4n) is 3.39. The lowest BCUT2D eigenvalue weighted by Crippen LogP contribution is -2.17. The number of methoxy groups -OCH3 is 1. The van der Waals surface area contributed by atoms with E-state index < -0.39 is 0 Å². The first kappa shape index (κ1) is 27.1. The van der Waals surface area contributed by atoms with Crippen LogP contribution in [0.5, 0.6) is 5.75 Å². The lowest BCUT2D eigenvalue weighted by Gasteiger charge is -2.19. The second-order valence-corrected chi connectivity index (χ2v) is 8.74. The molecule has 0 bridgehead atoms. The molecule has 0 atom stereocenters. The molecule has 2 aromatic carbocycles. The Labute approximate surface area is 209 Å². The van der Waals surface area contributed by atoms with Crippen LogP contribution in [0.4, 0.5) is 0 Å². The Morgan fingerprint density at radius 2 is 1.88 bits per heavy atom. The number of benzene rings is 2. The lowest BCUT2D eigenvalue weighted by molar-refractivity contribution is 0.415. The highest BCUT2D eigenvalue weighted by Crippen LogP contribution is 2.34. The molecule has 1 aromatic heterocycles. The Kier molecular flexibility index (Phi) is 10.3. The zero-order valence-corrected chi connectivity index (χ0v) is 22.1. The molecule has 0 radical (unpaired) electrons. The highest BCUT2D eigenvalue weighted by molar-refractivity contribution is 7.78. The third-order valence-corrected chi connectivity index (χ3v) is 5.94. The van der Waals surface area contributed by atoms with Gasteiger partial charge in [0.05, 0.1) is 24.0 Å². The molecule has 0 aliphatic carbocycles. The number of aromatic nitrogens is 2. The van der Waals surface area contributed by atoms with E-state index in [0.717, 1.165) is 57.8 Å². The van der Waals surface area contributed by atoms with Gasteiger partial charge in [0.1, 0.15) is 11.6 Å². The van der Waals surface area contributed by atoms with Gasteiger partial charge >= 0.3 is 0 Å². The van der Waals surface area contributed by atoms with E-state index >= 15 is 0 Å². The molecule has 0 saturated heterocycles. The molecular weight excluding hydrogens is 438 g/mol. The maximum absolute atomic E-state index is 5.35. The van der Waals surface area contributed by atoms with E-state index in [4.69, 9.17) is 9.72 Å². The summed E-state index contributed by atoms with van der Waals surface area (Å²) < 4.78 is 5.35. The minimum absolute atomic E-state index is 0.0353. The quantitative estimate of drug-likeness (QED) is 0.247. The van der Waals surface area contributed by atoms with Crippen molar-refractivity contribution in [2.24, 2.45) is 0 Å². The standard InChI is InChI=1S/C26H30N2O.C3H7NS/c1-7-10-18(11-8-2)23-24(28-25(27-23)26(4,5)9-3)21-13-12-20-17-22(29-6)15-14-19(20)16-21;1-2-4-3-5/h7-8,10-17H,1,9H2,2-6H3,(H,27,28);3H,2H2,1H3,(H,4,5)/b11-8-,18-10+;. The topological polar surface area (TPSA) is 49.9 Å². The number of hydrogen-bond acceptors (Lipinski definition) is 3. The molecule has 34 heavy (non-hydrogen) atoms. The molecule has 4 nitrogen and oxygen atoms in total. The van der Waals surface area contributed by atoms with E-state index in [1.54, 1.807) is 7.11 Å². The first-order chi connectivity index (χ1) is 16.3. The summed E-state index contributed by atoms with van der Waals surface area (Å²) in [5.41, 5.74) is 5.62. The van der Waals surface area contributed by atoms with Crippen molar-refractivity contribution in [3.8, 4) is 17.0 Å². The summed E-state index contributed by atoms with van der Waals surface area (Å²) in [5.74, 6) is 1.86. The molecule has 1 heterocycles. The average molecular weight is 476 g/mol. The predicted octanol–water partition coefficient (Wildman–Crippen LogP) is 7.62. The van der Waals surface area contributed by atoms with Crippen molar-refractivity contribution in [3.05, 3.63) is 78.8 Å². The van der Waals surface area contributed by atoms with Gasteiger partial charge in [-0.3, -0.25) is 0 Å². The van der Waals surface area contributed by atoms with Crippen LogP contribution in [-0.2, 0) is 5.41 Å². The first-order valence-electron chi connectivity index (χ1n) is 11.7. The molecule has 3 aromatic rings. The Bertz CT molecular complexity index is 1170. The summed E-state index contributed by atoms with van der Waals surface area (Å²) in [6, 6.07) is 12.6. The second-order valence-electron chi connectivity index (χ2n) is 8.51. The van der Waals surface area contributed by atoms with E-state index in [9.17, 15) is 0 Å². The number of thiocarbonyl (C=S) groups is 1. The fourth-order valence-corrected chi connectivity index (χ4v) is 3.56. The monoisotopic (exact) mass is 475 g/mol. The van der Waals surface area contributed by atoms with Crippen LogP contribution in [0, 0.1) is 0 Å². The van der Waals surface area contributed by atoms with Gasteiger partial charge in [-0.15, -0.1) is 0 Å². The molecular formula is C29H37N3OS. The second kappa shape index (κ2) is 12.9. The number of aromatic amines is 1. The highest BCUT2D eigenvalue weighted by atomic mass is 32.1. The molecule has 0 saturated carbocycles. The van der Waals surface area contributed by atoms with Crippen LogP contribution in [0.25, 0.3) is 27.6 Å². The van der Waals surface area contributed by atoms with Gasteiger partial charge in [-0.25, -0.2) is 4.98 Å². The third-order valence-electron chi connectivity index (χ3n) is 5.77.